The fraction of sp³-hybridized carbons (Fsp3) is 0.400. The molecule has 1 aliphatic heterocycles. The molecule has 1 N–H and O–H groups in total. The second-order valence-electron chi connectivity index (χ2n) is 3.37. The highest BCUT2D eigenvalue weighted by atomic mass is 35.5. The number of nitrogens with one attached hydrogen (secondary N) is 1. The Kier molecular flexibility index (Phi) is 3.88. The Morgan fingerprint density at radius 1 is 1.33 bits per heavy atom. The summed E-state index contributed by atoms with van der Waals surface area (Å²) in [5.41, 5.74) is 0.791. The number of hydrogen-bond acceptors (Lipinski definition) is 2. The fourth-order valence-corrected chi connectivity index (χ4v) is 1.49. The first-order valence-electron chi connectivity index (χ1n) is 4.46. The average molecular weight is 236 g/mol. The minimum atomic E-state index is -0.913. The van der Waals surface area contributed by atoms with E-state index in [2.05, 4.69) is 5.32 Å². The van der Waals surface area contributed by atoms with E-state index in [1.54, 1.807) is 6.07 Å². The molecule has 2 rings (SSSR count). The summed E-state index contributed by atoms with van der Waals surface area (Å²) in [6.07, 6.45) is 0. The van der Waals surface area contributed by atoms with Crippen molar-refractivity contribution in [2.24, 2.45) is 0 Å². The van der Waals surface area contributed by atoms with Crippen LogP contribution in [0.4, 0.5) is 8.78 Å². The van der Waals surface area contributed by atoms with Crippen molar-refractivity contribution in [2.45, 2.75) is 5.92 Å². The predicted molar refractivity (Wildman–Crippen MR) is 55.8 cm³/mol. The maximum absolute atomic E-state index is 13.1. The van der Waals surface area contributed by atoms with Gasteiger partial charge >= 0.3 is 0 Å². The summed E-state index contributed by atoms with van der Waals surface area (Å²) in [5, 5.41) is 3.07. The number of benzene rings is 1. The average Bonchev–Trinajstić information content (AvgIpc) is 2.08. The molecule has 0 saturated carbocycles. The first-order valence-corrected chi connectivity index (χ1v) is 4.46. The third-order valence-electron chi connectivity index (χ3n) is 2.49. The zero-order valence-electron chi connectivity index (χ0n) is 8.22. The summed E-state index contributed by atoms with van der Waals surface area (Å²) >= 11 is 0. The Morgan fingerprint density at radius 3 is 2.47 bits per heavy atom. The molecular weight excluding hydrogens is 224 g/mol. The van der Waals surface area contributed by atoms with Gasteiger partial charge in [-0.2, -0.15) is 4.39 Å². The summed E-state index contributed by atoms with van der Waals surface area (Å²) in [5.74, 6) is -1.50. The highest BCUT2D eigenvalue weighted by molar-refractivity contribution is 5.85. The van der Waals surface area contributed by atoms with Crippen LogP contribution in [0.2, 0.25) is 0 Å². The Hall–Kier alpha value is -0.870. The molecule has 0 atom stereocenters. The van der Waals surface area contributed by atoms with Crippen LogP contribution in [-0.4, -0.2) is 20.2 Å². The fourth-order valence-electron chi connectivity index (χ4n) is 1.49. The van der Waals surface area contributed by atoms with Crippen LogP contribution in [0, 0.1) is 11.6 Å². The van der Waals surface area contributed by atoms with E-state index in [1.165, 1.54) is 13.2 Å². The van der Waals surface area contributed by atoms with Crippen molar-refractivity contribution >= 4 is 12.4 Å². The quantitative estimate of drug-likeness (QED) is 0.848. The van der Waals surface area contributed by atoms with Crippen LogP contribution in [0.5, 0.6) is 5.75 Å². The molecule has 0 spiro atoms. The molecule has 1 aromatic rings. The van der Waals surface area contributed by atoms with Crippen LogP contribution >= 0.6 is 12.4 Å². The van der Waals surface area contributed by atoms with E-state index in [0.717, 1.165) is 18.7 Å². The van der Waals surface area contributed by atoms with E-state index in [4.69, 9.17) is 4.74 Å². The van der Waals surface area contributed by atoms with Crippen molar-refractivity contribution in [3.05, 3.63) is 29.3 Å². The molecule has 5 heteroatoms. The lowest BCUT2D eigenvalue weighted by Crippen LogP contribution is -2.39. The molecule has 0 aliphatic carbocycles. The molecule has 0 radical (unpaired) electrons. The van der Waals surface area contributed by atoms with E-state index in [1.807, 2.05) is 0 Å². The summed E-state index contributed by atoms with van der Waals surface area (Å²) in [6.45, 7) is 1.63. The smallest absolute Gasteiger partial charge is 0.200 e. The molecular formula is C10H12ClF2NO. The summed E-state index contributed by atoms with van der Waals surface area (Å²) in [6, 6.07) is 2.80. The van der Waals surface area contributed by atoms with Crippen molar-refractivity contribution in [1.82, 2.24) is 5.32 Å². The molecule has 0 aromatic heterocycles. The van der Waals surface area contributed by atoms with Crippen LogP contribution in [-0.2, 0) is 0 Å². The van der Waals surface area contributed by atoms with Crippen LogP contribution in [0.15, 0.2) is 12.1 Å². The zero-order chi connectivity index (χ0) is 10.1. The topological polar surface area (TPSA) is 21.3 Å². The van der Waals surface area contributed by atoms with E-state index >= 15 is 0 Å². The maximum atomic E-state index is 13.1. The zero-order valence-corrected chi connectivity index (χ0v) is 9.04. The summed E-state index contributed by atoms with van der Waals surface area (Å²) in [4.78, 5) is 0. The number of halogens is 3. The van der Waals surface area contributed by atoms with Crippen LogP contribution < -0.4 is 10.1 Å². The molecule has 0 bridgehead atoms. The van der Waals surface area contributed by atoms with Crippen LogP contribution in [0.25, 0.3) is 0 Å². The number of rotatable bonds is 2. The van der Waals surface area contributed by atoms with Gasteiger partial charge in [0.15, 0.2) is 11.6 Å². The predicted octanol–water partition coefficient (Wildman–Crippen LogP) is 2.08. The van der Waals surface area contributed by atoms with Gasteiger partial charge in [0.1, 0.15) is 0 Å². The van der Waals surface area contributed by atoms with Crippen molar-refractivity contribution in [3.63, 3.8) is 0 Å². The van der Waals surface area contributed by atoms with Gasteiger partial charge in [0.2, 0.25) is 5.82 Å². The second-order valence-corrected chi connectivity index (χ2v) is 3.37. The second kappa shape index (κ2) is 4.77. The molecule has 0 unspecified atom stereocenters. The van der Waals surface area contributed by atoms with Gasteiger partial charge in [-0.05, 0) is 17.7 Å². The van der Waals surface area contributed by atoms with Gasteiger partial charge in [0, 0.05) is 19.0 Å². The van der Waals surface area contributed by atoms with Gasteiger partial charge in [0.25, 0.3) is 0 Å². The minimum absolute atomic E-state index is 0. The number of ether oxygens (including phenoxy) is 1. The molecule has 84 valence electrons. The van der Waals surface area contributed by atoms with Crippen molar-refractivity contribution in [2.75, 3.05) is 20.2 Å². The SMILES string of the molecule is COc1cc(C2CNC2)cc(F)c1F.Cl. The Balaban J connectivity index is 0.00000112. The van der Waals surface area contributed by atoms with Gasteiger partial charge in [-0.25, -0.2) is 4.39 Å². The van der Waals surface area contributed by atoms with Crippen molar-refractivity contribution < 1.29 is 13.5 Å². The van der Waals surface area contributed by atoms with Crippen LogP contribution in [0.1, 0.15) is 11.5 Å². The lowest BCUT2D eigenvalue weighted by Gasteiger charge is -2.27. The third kappa shape index (κ3) is 2.21. The standard InChI is InChI=1S/C10H11F2NO.ClH/c1-14-9-3-6(7-4-13-5-7)2-8(11)10(9)12;/h2-3,7,13H,4-5H2,1H3;1H. The molecule has 2 nitrogen and oxygen atoms in total. The normalized spacial score (nSPS) is 15.4. The minimum Gasteiger partial charge on any atom is -0.494 e. The van der Waals surface area contributed by atoms with Gasteiger partial charge in [-0.1, -0.05) is 0 Å². The number of methoxy groups -OCH3 is 1. The molecule has 1 aliphatic rings. The van der Waals surface area contributed by atoms with E-state index in [-0.39, 0.29) is 24.1 Å². The highest BCUT2D eigenvalue weighted by Crippen LogP contribution is 2.28. The first-order chi connectivity index (χ1) is 6.72. The Morgan fingerprint density at radius 2 is 2.00 bits per heavy atom. The van der Waals surface area contributed by atoms with E-state index in [0.29, 0.717) is 0 Å². The lowest BCUT2D eigenvalue weighted by atomic mass is 9.93. The van der Waals surface area contributed by atoms with Crippen molar-refractivity contribution in [3.8, 4) is 5.75 Å². The summed E-state index contributed by atoms with van der Waals surface area (Å²) < 4.78 is 30.9. The van der Waals surface area contributed by atoms with Gasteiger partial charge in [-0.15, -0.1) is 12.4 Å². The van der Waals surface area contributed by atoms with Gasteiger partial charge in [-0.3, -0.25) is 0 Å². The molecule has 15 heavy (non-hydrogen) atoms. The summed E-state index contributed by atoms with van der Waals surface area (Å²) in [7, 11) is 1.33. The van der Waals surface area contributed by atoms with Crippen LogP contribution in [0.3, 0.4) is 0 Å². The monoisotopic (exact) mass is 235 g/mol. The Bertz CT molecular complexity index is 356. The van der Waals surface area contributed by atoms with Crippen molar-refractivity contribution in [1.29, 1.82) is 0 Å². The molecule has 1 saturated heterocycles. The molecule has 1 heterocycles. The first kappa shape index (κ1) is 12.2. The maximum Gasteiger partial charge on any atom is 0.200 e. The van der Waals surface area contributed by atoms with Gasteiger partial charge < -0.3 is 10.1 Å². The lowest BCUT2D eigenvalue weighted by molar-refractivity contribution is 0.367. The number of hydrogen-bond donors (Lipinski definition) is 1. The Labute approximate surface area is 93.0 Å². The molecule has 0 amide bonds. The largest absolute Gasteiger partial charge is 0.494 e. The molecule has 1 aromatic carbocycles. The highest BCUT2D eigenvalue weighted by Gasteiger charge is 2.22. The third-order valence-corrected chi connectivity index (χ3v) is 2.49. The van der Waals surface area contributed by atoms with E-state index < -0.39 is 11.6 Å². The van der Waals surface area contributed by atoms with E-state index in [9.17, 15) is 8.78 Å². The molecule has 1 fully saturated rings. The van der Waals surface area contributed by atoms with Gasteiger partial charge in [0.05, 0.1) is 7.11 Å².